The molecule has 0 radical (unpaired) electrons. The molecule has 0 aromatic carbocycles. The molecule has 0 amide bonds. The number of hydrogen-bond donors (Lipinski definition) is 1. The standard InChI is InChI=1S/C14H22BrN3O2Si/c1-21(2,3)5-4-20-10-18-9-17-12-6-11(13(19)7-15)8-16-14(12)18/h6,8-9,13,19H,4-5,7,10H2,1-3H3. The lowest BCUT2D eigenvalue weighted by Crippen LogP contribution is -2.22. The van der Waals surface area contributed by atoms with Gasteiger partial charge >= 0.3 is 0 Å². The first-order valence-corrected chi connectivity index (χ1v) is 11.9. The van der Waals surface area contributed by atoms with Crippen LogP contribution in [-0.2, 0) is 11.5 Å². The maximum atomic E-state index is 9.80. The number of nitrogens with zero attached hydrogens (tertiary/aromatic N) is 3. The molecule has 0 fully saturated rings. The van der Waals surface area contributed by atoms with E-state index in [1.54, 1.807) is 12.5 Å². The summed E-state index contributed by atoms with van der Waals surface area (Å²) in [6.45, 7) is 8.24. The Morgan fingerprint density at radius 1 is 1.38 bits per heavy atom. The first kappa shape index (κ1) is 16.6. The Labute approximate surface area is 134 Å². The molecule has 1 atom stereocenters. The lowest BCUT2D eigenvalue weighted by Gasteiger charge is -2.15. The molecule has 2 rings (SSSR count). The van der Waals surface area contributed by atoms with Crippen LogP contribution in [0.4, 0.5) is 0 Å². The van der Waals surface area contributed by atoms with Crippen LogP contribution in [0.15, 0.2) is 18.6 Å². The van der Waals surface area contributed by atoms with Crippen molar-refractivity contribution >= 4 is 35.2 Å². The maximum absolute atomic E-state index is 9.80. The van der Waals surface area contributed by atoms with Gasteiger partial charge in [-0.05, 0) is 12.1 Å². The molecule has 21 heavy (non-hydrogen) atoms. The molecule has 0 saturated heterocycles. The van der Waals surface area contributed by atoms with E-state index in [0.717, 1.165) is 29.4 Å². The van der Waals surface area contributed by atoms with Crippen LogP contribution in [0.3, 0.4) is 0 Å². The molecule has 2 heterocycles. The largest absolute Gasteiger partial charge is 0.387 e. The first-order chi connectivity index (χ1) is 9.90. The van der Waals surface area contributed by atoms with Crippen LogP contribution in [0.2, 0.25) is 25.7 Å². The van der Waals surface area contributed by atoms with Crippen LogP contribution in [0.1, 0.15) is 11.7 Å². The van der Waals surface area contributed by atoms with Crippen LogP contribution in [-0.4, -0.2) is 39.7 Å². The molecule has 0 spiro atoms. The topological polar surface area (TPSA) is 60.2 Å². The van der Waals surface area contributed by atoms with Gasteiger partial charge in [0, 0.05) is 31.8 Å². The number of aromatic nitrogens is 3. The maximum Gasteiger partial charge on any atom is 0.161 e. The molecule has 2 aromatic heterocycles. The van der Waals surface area contributed by atoms with Gasteiger partial charge in [-0.25, -0.2) is 9.97 Å². The van der Waals surface area contributed by atoms with Gasteiger partial charge in [0.1, 0.15) is 12.2 Å². The summed E-state index contributed by atoms with van der Waals surface area (Å²) >= 11 is 3.26. The Kier molecular flexibility index (Phi) is 5.53. The predicted octanol–water partition coefficient (Wildman–Crippen LogP) is 3.17. The smallest absolute Gasteiger partial charge is 0.161 e. The Hall–Kier alpha value is -0.763. The van der Waals surface area contributed by atoms with Crippen molar-refractivity contribution in [2.75, 3.05) is 11.9 Å². The Bertz CT molecular complexity index is 597. The van der Waals surface area contributed by atoms with Gasteiger partial charge in [-0.2, -0.15) is 0 Å². The van der Waals surface area contributed by atoms with Crippen LogP contribution in [0.5, 0.6) is 0 Å². The van der Waals surface area contributed by atoms with Gasteiger partial charge in [-0.15, -0.1) is 0 Å². The average molecular weight is 372 g/mol. The minimum Gasteiger partial charge on any atom is -0.387 e. The quantitative estimate of drug-likeness (QED) is 0.461. The van der Waals surface area contributed by atoms with Crippen molar-refractivity contribution in [1.82, 2.24) is 14.5 Å². The van der Waals surface area contributed by atoms with Gasteiger partial charge in [0.15, 0.2) is 5.65 Å². The van der Waals surface area contributed by atoms with Crippen LogP contribution >= 0.6 is 15.9 Å². The van der Waals surface area contributed by atoms with Crippen LogP contribution in [0, 0.1) is 0 Å². The molecule has 1 N–H and O–H groups in total. The van der Waals surface area contributed by atoms with Crippen molar-refractivity contribution in [2.24, 2.45) is 0 Å². The third-order valence-corrected chi connectivity index (χ3v) is 5.55. The molecule has 0 aliphatic rings. The van der Waals surface area contributed by atoms with E-state index < -0.39 is 14.2 Å². The molecule has 5 nitrogen and oxygen atoms in total. The molecule has 116 valence electrons. The predicted molar refractivity (Wildman–Crippen MR) is 90.4 cm³/mol. The van der Waals surface area contributed by atoms with Crippen molar-refractivity contribution < 1.29 is 9.84 Å². The number of ether oxygens (including phenoxy) is 1. The van der Waals surface area contributed by atoms with E-state index in [9.17, 15) is 5.11 Å². The number of aliphatic hydroxyl groups is 1. The third kappa shape index (κ3) is 4.60. The zero-order valence-corrected chi connectivity index (χ0v) is 15.3. The molecular formula is C14H22BrN3O2Si. The zero-order chi connectivity index (χ0) is 15.5. The summed E-state index contributed by atoms with van der Waals surface area (Å²) in [5, 5.41) is 10.3. The van der Waals surface area contributed by atoms with E-state index in [2.05, 4.69) is 45.5 Å². The van der Waals surface area contributed by atoms with Crippen LogP contribution < -0.4 is 0 Å². The summed E-state index contributed by atoms with van der Waals surface area (Å²) in [6, 6.07) is 3.02. The Balaban J connectivity index is 2.02. The lowest BCUT2D eigenvalue weighted by atomic mass is 10.2. The Morgan fingerprint density at radius 2 is 2.14 bits per heavy atom. The molecule has 7 heteroatoms. The molecule has 1 unspecified atom stereocenters. The molecule has 0 aliphatic carbocycles. The number of halogens is 1. The van der Waals surface area contributed by atoms with Crippen molar-refractivity contribution in [3.8, 4) is 0 Å². The van der Waals surface area contributed by atoms with Crippen molar-refractivity contribution in [2.45, 2.75) is 38.5 Å². The SMILES string of the molecule is C[Si](C)(C)CCOCn1cnc2cc(C(O)CBr)cnc21. The van der Waals surface area contributed by atoms with Gasteiger partial charge in [0.25, 0.3) is 0 Å². The number of aliphatic hydroxyl groups excluding tert-OH is 1. The average Bonchev–Trinajstić information content (AvgIpc) is 2.84. The number of imidazole rings is 1. The van der Waals surface area contributed by atoms with Gasteiger partial charge in [0.05, 0.1) is 12.4 Å². The number of hydrogen-bond acceptors (Lipinski definition) is 4. The monoisotopic (exact) mass is 371 g/mol. The summed E-state index contributed by atoms with van der Waals surface area (Å²) in [6.07, 6.45) is 2.87. The Morgan fingerprint density at radius 3 is 2.81 bits per heavy atom. The highest BCUT2D eigenvalue weighted by Gasteiger charge is 2.13. The highest BCUT2D eigenvalue weighted by atomic mass is 79.9. The first-order valence-electron chi connectivity index (χ1n) is 7.03. The molecule has 2 aromatic rings. The van der Waals surface area contributed by atoms with Crippen molar-refractivity contribution in [1.29, 1.82) is 0 Å². The number of fused-ring (bicyclic) bond motifs is 1. The fourth-order valence-electron chi connectivity index (χ4n) is 1.87. The molecule has 0 bridgehead atoms. The highest BCUT2D eigenvalue weighted by Crippen LogP contribution is 2.19. The van der Waals surface area contributed by atoms with Crippen molar-refractivity contribution in [3.05, 3.63) is 24.2 Å². The minimum absolute atomic E-state index is 0.467. The summed E-state index contributed by atoms with van der Waals surface area (Å²) in [5.74, 6) is 0. The van der Waals surface area contributed by atoms with E-state index in [1.807, 2.05) is 10.6 Å². The molecule has 0 aliphatic heterocycles. The van der Waals surface area contributed by atoms with Gasteiger partial charge in [0.2, 0.25) is 0 Å². The highest BCUT2D eigenvalue weighted by molar-refractivity contribution is 9.09. The number of rotatable bonds is 7. The summed E-state index contributed by atoms with van der Waals surface area (Å²) in [5.41, 5.74) is 2.33. The second kappa shape index (κ2) is 7.00. The number of alkyl halides is 1. The summed E-state index contributed by atoms with van der Waals surface area (Å²) in [4.78, 5) is 8.71. The summed E-state index contributed by atoms with van der Waals surface area (Å²) in [7, 11) is -1.06. The summed E-state index contributed by atoms with van der Waals surface area (Å²) < 4.78 is 7.61. The second-order valence-corrected chi connectivity index (χ2v) is 12.6. The van der Waals surface area contributed by atoms with Gasteiger partial charge in [-0.3, -0.25) is 4.57 Å². The van der Waals surface area contributed by atoms with E-state index in [-0.39, 0.29) is 0 Å². The fourth-order valence-corrected chi connectivity index (χ4v) is 3.00. The lowest BCUT2D eigenvalue weighted by molar-refractivity contribution is 0.0895. The second-order valence-electron chi connectivity index (χ2n) is 6.34. The van der Waals surface area contributed by atoms with E-state index in [0.29, 0.717) is 12.1 Å². The fraction of sp³-hybridized carbons (Fsp3) is 0.571. The molecule has 0 saturated carbocycles. The van der Waals surface area contributed by atoms with Crippen molar-refractivity contribution in [3.63, 3.8) is 0 Å². The minimum atomic E-state index is -1.06. The molecular weight excluding hydrogens is 350 g/mol. The normalized spacial score (nSPS) is 13.8. The number of pyridine rings is 1. The van der Waals surface area contributed by atoms with Gasteiger partial charge < -0.3 is 9.84 Å². The zero-order valence-electron chi connectivity index (χ0n) is 12.7. The third-order valence-electron chi connectivity index (χ3n) is 3.23. The van der Waals surface area contributed by atoms with E-state index in [1.165, 1.54) is 0 Å². The van der Waals surface area contributed by atoms with E-state index in [4.69, 9.17) is 4.74 Å². The van der Waals surface area contributed by atoms with Crippen LogP contribution in [0.25, 0.3) is 11.2 Å². The van der Waals surface area contributed by atoms with E-state index >= 15 is 0 Å². The van der Waals surface area contributed by atoms with Gasteiger partial charge in [-0.1, -0.05) is 35.6 Å².